The summed E-state index contributed by atoms with van der Waals surface area (Å²) in [6.07, 6.45) is 7.87. The van der Waals surface area contributed by atoms with E-state index in [1.165, 1.54) is 23.3 Å². The van der Waals surface area contributed by atoms with Gasteiger partial charge in [-0.25, -0.2) is 18.5 Å². The lowest BCUT2D eigenvalue weighted by Crippen LogP contribution is -2.24. The molecule has 3 aliphatic rings. The number of nitrogens with one attached hydrogen (secondary N) is 2. The van der Waals surface area contributed by atoms with Gasteiger partial charge in [0, 0.05) is 17.6 Å². The molecule has 6 nitrogen and oxygen atoms in total. The first-order chi connectivity index (χ1) is 15.3. The van der Waals surface area contributed by atoms with E-state index in [-0.39, 0.29) is 10.3 Å². The van der Waals surface area contributed by atoms with E-state index in [1.54, 1.807) is 6.07 Å². The lowest BCUT2D eigenvalue weighted by Gasteiger charge is -2.17. The predicted octanol–water partition coefficient (Wildman–Crippen LogP) is 3.99. The van der Waals surface area contributed by atoms with E-state index in [4.69, 9.17) is 5.14 Å². The maximum Gasteiger partial charge on any atom is 0.354 e. The van der Waals surface area contributed by atoms with Crippen LogP contribution in [0.25, 0.3) is 0 Å². The Balaban J connectivity index is 1.43. The van der Waals surface area contributed by atoms with Crippen LogP contribution in [0.3, 0.4) is 0 Å². The topological polar surface area (TPSA) is 96.6 Å². The number of carbonyl (C=O) groups excluding carboxylic acids is 1. The van der Waals surface area contributed by atoms with Crippen LogP contribution in [0.4, 0.5) is 14.9 Å². The fraction of sp³-hybridized carbons (Fsp3) is 0.458. The molecule has 2 aromatic carbocycles. The Kier molecular flexibility index (Phi) is 5.34. The quantitative estimate of drug-likeness (QED) is 0.635. The van der Waals surface area contributed by atoms with Gasteiger partial charge in [-0.05, 0) is 98.4 Å². The van der Waals surface area contributed by atoms with Crippen molar-refractivity contribution in [2.75, 3.05) is 18.9 Å². The molecule has 0 saturated heterocycles. The highest BCUT2D eigenvalue weighted by atomic mass is 32.2. The summed E-state index contributed by atoms with van der Waals surface area (Å²) in [6, 6.07) is 6.03. The van der Waals surface area contributed by atoms with Gasteiger partial charge in [-0.15, -0.1) is 4.36 Å². The van der Waals surface area contributed by atoms with Gasteiger partial charge < -0.3 is 10.6 Å². The molecule has 0 spiro atoms. The first kappa shape index (κ1) is 21.6. The highest BCUT2D eigenvalue weighted by Gasteiger charge is 2.44. The van der Waals surface area contributed by atoms with E-state index in [0.29, 0.717) is 0 Å². The number of nitrogens with zero attached hydrogens (tertiary/aromatic N) is 1. The number of likely N-dealkylation sites (N-methyl/N-ethyl adjacent to an activating group) is 1. The summed E-state index contributed by atoms with van der Waals surface area (Å²) in [5.74, 6) is -0.685. The molecule has 1 saturated carbocycles. The number of hydrogen-bond acceptors (Lipinski definition) is 3. The molecule has 3 aliphatic carbocycles. The van der Waals surface area contributed by atoms with Crippen LogP contribution in [0, 0.1) is 5.82 Å². The van der Waals surface area contributed by atoms with Crippen LogP contribution in [0.1, 0.15) is 53.5 Å². The van der Waals surface area contributed by atoms with Crippen LogP contribution >= 0.6 is 0 Å². The van der Waals surface area contributed by atoms with Crippen molar-refractivity contribution >= 4 is 21.6 Å². The zero-order valence-electron chi connectivity index (χ0n) is 18.3. The number of amides is 2. The molecule has 0 radical (unpaired) electrons. The summed E-state index contributed by atoms with van der Waals surface area (Å²) >= 11 is 0. The predicted molar refractivity (Wildman–Crippen MR) is 124 cm³/mol. The number of urea groups is 1. The number of nitrogens with two attached hydrogens (primary N) is 1. The van der Waals surface area contributed by atoms with Crippen molar-refractivity contribution < 1.29 is 13.4 Å². The molecule has 0 heterocycles. The van der Waals surface area contributed by atoms with Gasteiger partial charge >= 0.3 is 6.03 Å². The molecule has 1 atom stereocenters. The third-order valence-corrected chi connectivity index (χ3v) is 8.55. The molecule has 0 bridgehead atoms. The molecule has 2 aromatic rings. The summed E-state index contributed by atoms with van der Waals surface area (Å²) in [5, 5.41) is 11.9. The van der Waals surface area contributed by atoms with E-state index in [2.05, 4.69) is 21.1 Å². The zero-order valence-corrected chi connectivity index (χ0v) is 19.1. The van der Waals surface area contributed by atoms with Crippen molar-refractivity contribution in [1.82, 2.24) is 5.32 Å². The van der Waals surface area contributed by atoms with Crippen molar-refractivity contribution in [2.45, 2.75) is 61.7 Å². The molecule has 5 rings (SSSR count). The van der Waals surface area contributed by atoms with E-state index >= 15 is 0 Å². The van der Waals surface area contributed by atoms with Crippen molar-refractivity contribution in [3.8, 4) is 0 Å². The lowest BCUT2D eigenvalue weighted by molar-refractivity contribution is 0.260. The average Bonchev–Trinajstić information content (AvgIpc) is 3.14. The van der Waals surface area contributed by atoms with Gasteiger partial charge in [-0.3, -0.25) is 0 Å². The van der Waals surface area contributed by atoms with E-state index in [0.717, 1.165) is 80.3 Å². The first-order valence-corrected chi connectivity index (χ1v) is 12.9. The number of anilines is 1. The maximum absolute atomic E-state index is 14.9. The van der Waals surface area contributed by atoms with E-state index in [1.807, 2.05) is 7.05 Å². The minimum atomic E-state index is -3.72. The number of fused-ring (bicyclic) bond motifs is 2. The van der Waals surface area contributed by atoms with Gasteiger partial charge in [0.1, 0.15) is 15.7 Å². The van der Waals surface area contributed by atoms with Gasteiger partial charge in [0.25, 0.3) is 0 Å². The van der Waals surface area contributed by atoms with Gasteiger partial charge in [0.15, 0.2) is 0 Å². The smallest absolute Gasteiger partial charge is 0.319 e. The second-order valence-electron chi connectivity index (χ2n) is 9.28. The average molecular weight is 457 g/mol. The molecule has 170 valence electrons. The normalized spacial score (nSPS) is 19.7. The standard InChI is InChI=1S/C24H29FN4O2S/c1-27-14-24(10-11-24)17-8-9-21(20(25)13-17)32(26,31)29-23(30)28-22-18-6-2-4-15(18)12-16-5-3-7-19(16)22/h8-9,12-13,27H,2-7,10-11,14H2,1H3,(H3,26,28,29,30,31)/t32-/m0/s1. The van der Waals surface area contributed by atoms with Crippen molar-refractivity contribution in [3.05, 3.63) is 57.9 Å². The molecule has 1 fully saturated rings. The Hall–Kier alpha value is -2.29. The monoisotopic (exact) mass is 456 g/mol. The summed E-state index contributed by atoms with van der Waals surface area (Å²) in [4.78, 5) is 12.5. The molecule has 0 aromatic heterocycles. The van der Waals surface area contributed by atoms with Crippen LogP contribution in [0.2, 0.25) is 0 Å². The fourth-order valence-electron chi connectivity index (χ4n) is 5.39. The number of carbonyl (C=O) groups is 1. The van der Waals surface area contributed by atoms with Crippen LogP contribution in [-0.4, -0.2) is 23.8 Å². The minimum absolute atomic E-state index is 0.0772. The second kappa shape index (κ2) is 7.93. The van der Waals surface area contributed by atoms with Crippen molar-refractivity contribution in [2.24, 2.45) is 9.50 Å². The highest BCUT2D eigenvalue weighted by molar-refractivity contribution is 7.91. The third-order valence-electron chi connectivity index (χ3n) is 7.15. The number of aryl methyl sites for hydroxylation is 2. The Morgan fingerprint density at radius 2 is 1.78 bits per heavy atom. The van der Waals surface area contributed by atoms with Crippen molar-refractivity contribution in [3.63, 3.8) is 0 Å². The first-order valence-electron chi connectivity index (χ1n) is 11.3. The van der Waals surface area contributed by atoms with Gasteiger partial charge in [-0.1, -0.05) is 12.1 Å². The maximum atomic E-state index is 14.9. The van der Waals surface area contributed by atoms with Crippen LogP contribution in [0.5, 0.6) is 0 Å². The SMILES string of the molecule is CNCC1(c2ccc([S@@](N)(=O)=NC(=O)Nc3c4c(cc5c3CCC5)CCC4)c(F)c2)CC1. The Bertz CT molecular complexity index is 1200. The molecule has 2 amide bonds. The molecule has 0 aliphatic heterocycles. The second-order valence-corrected chi connectivity index (χ2v) is 11.0. The summed E-state index contributed by atoms with van der Waals surface area (Å²) in [6.45, 7) is 0.752. The molecule has 32 heavy (non-hydrogen) atoms. The summed E-state index contributed by atoms with van der Waals surface area (Å²) < 4.78 is 31.7. The largest absolute Gasteiger partial charge is 0.354 e. The Labute approximate surface area is 188 Å². The summed E-state index contributed by atoms with van der Waals surface area (Å²) in [7, 11) is -1.85. The molecule has 8 heteroatoms. The number of halogens is 1. The number of hydrogen-bond donors (Lipinski definition) is 3. The van der Waals surface area contributed by atoms with Gasteiger partial charge in [-0.2, -0.15) is 0 Å². The molecular formula is C24H29FN4O2S. The van der Waals surface area contributed by atoms with Crippen LogP contribution in [-0.2, 0) is 41.0 Å². The van der Waals surface area contributed by atoms with E-state index < -0.39 is 21.8 Å². The Morgan fingerprint density at radius 1 is 1.12 bits per heavy atom. The summed E-state index contributed by atoms with van der Waals surface area (Å²) in [5.41, 5.74) is 6.41. The van der Waals surface area contributed by atoms with Gasteiger partial charge in [0.2, 0.25) is 0 Å². The third kappa shape index (κ3) is 3.74. The van der Waals surface area contributed by atoms with Crippen LogP contribution < -0.4 is 15.8 Å². The minimum Gasteiger partial charge on any atom is -0.319 e. The number of rotatable bonds is 5. The van der Waals surface area contributed by atoms with E-state index in [9.17, 15) is 13.4 Å². The van der Waals surface area contributed by atoms with Gasteiger partial charge in [0.05, 0.1) is 4.90 Å². The molecule has 4 N–H and O–H groups in total. The van der Waals surface area contributed by atoms with Crippen molar-refractivity contribution in [1.29, 1.82) is 0 Å². The number of benzene rings is 2. The molecular weight excluding hydrogens is 427 g/mol. The highest BCUT2D eigenvalue weighted by Crippen LogP contribution is 2.48. The molecule has 0 unspecified atom stereocenters. The zero-order chi connectivity index (χ0) is 22.5. The Morgan fingerprint density at radius 3 is 2.34 bits per heavy atom. The van der Waals surface area contributed by atoms with Crippen LogP contribution in [0.15, 0.2) is 33.5 Å². The lowest BCUT2D eigenvalue weighted by atomic mass is 9.96. The fourth-order valence-corrected chi connectivity index (χ4v) is 6.39.